The van der Waals surface area contributed by atoms with Gasteiger partial charge in [0.25, 0.3) is 0 Å². The lowest BCUT2D eigenvalue weighted by Crippen LogP contribution is -2.20. The average molecular weight is 207 g/mol. The molecule has 1 aliphatic carbocycles. The Morgan fingerprint density at radius 3 is 3.07 bits per heavy atom. The first kappa shape index (κ1) is 9.94. The number of thiophene rings is 1. The summed E-state index contributed by atoms with van der Waals surface area (Å²) < 4.78 is 0. The molecule has 1 atom stereocenters. The van der Waals surface area contributed by atoms with Gasteiger partial charge in [0.2, 0.25) is 0 Å². The van der Waals surface area contributed by atoms with Crippen molar-refractivity contribution in [1.29, 1.82) is 0 Å². The highest BCUT2D eigenvalue weighted by Crippen LogP contribution is 2.21. The van der Waals surface area contributed by atoms with Gasteiger partial charge in [-0.15, -0.1) is 0 Å². The average Bonchev–Trinajstić information content (AvgIpc) is 2.67. The molecule has 2 N–H and O–H groups in total. The molecule has 0 bridgehead atoms. The van der Waals surface area contributed by atoms with E-state index in [1.54, 1.807) is 16.9 Å². The van der Waals surface area contributed by atoms with E-state index in [-0.39, 0.29) is 0 Å². The van der Waals surface area contributed by atoms with Gasteiger partial charge in [-0.2, -0.15) is 11.3 Å². The molecule has 1 unspecified atom stereocenters. The molecule has 0 aliphatic heterocycles. The number of nitrogens with two attached hydrogens (primary N) is 1. The first-order chi connectivity index (χ1) is 6.84. The van der Waals surface area contributed by atoms with E-state index in [4.69, 9.17) is 5.73 Å². The van der Waals surface area contributed by atoms with Crippen molar-refractivity contribution in [2.24, 2.45) is 5.73 Å². The molecule has 1 aromatic rings. The number of aryl methyl sites for hydroxylation is 1. The van der Waals surface area contributed by atoms with E-state index in [9.17, 15) is 0 Å². The van der Waals surface area contributed by atoms with Crippen LogP contribution in [-0.2, 0) is 6.42 Å². The van der Waals surface area contributed by atoms with Gasteiger partial charge in [0, 0.05) is 6.04 Å². The SMILES string of the molecule is NC1C=C(CCc2ccsc2)CCC1. The van der Waals surface area contributed by atoms with Gasteiger partial charge in [-0.05, 0) is 54.5 Å². The largest absolute Gasteiger partial charge is 0.324 e. The Labute approximate surface area is 89.6 Å². The first-order valence-corrected chi connectivity index (χ1v) is 6.25. The summed E-state index contributed by atoms with van der Waals surface area (Å²) in [4.78, 5) is 0. The number of allylic oxidation sites excluding steroid dienone is 1. The molecule has 2 rings (SSSR count). The maximum atomic E-state index is 5.90. The second kappa shape index (κ2) is 4.76. The second-order valence-corrected chi connectivity index (χ2v) is 4.79. The summed E-state index contributed by atoms with van der Waals surface area (Å²) in [7, 11) is 0. The summed E-state index contributed by atoms with van der Waals surface area (Å²) in [6.07, 6.45) is 8.36. The van der Waals surface area contributed by atoms with Crippen molar-refractivity contribution in [1.82, 2.24) is 0 Å². The molecule has 1 heterocycles. The van der Waals surface area contributed by atoms with Crippen LogP contribution in [-0.4, -0.2) is 6.04 Å². The fourth-order valence-electron chi connectivity index (χ4n) is 1.98. The minimum atomic E-state index is 0.321. The van der Waals surface area contributed by atoms with Crippen LogP contribution in [0.2, 0.25) is 0 Å². The van der Waals surface area contributed by atoms with Gasteiger partial charge in [0.15, 0.2) is 0 Å². The van der Waals surface area contributed by atoms with Gasteiger partial charge in [-0.3, -0.25) is 0 Å². The summed E-state index contributed by atoms with van der Waals surface area (Å²) in [5, 5.41) is 4.39. The molecule has 1 nitrogen and oxygen atoms in total. The summed E-state index contributed by atoms with van der Waals surface area (Å²) in [6.45, 7) is 0. The van der Waals surface area contributed by atoms with Gasteiger partial charge >= 0.3 is 0 Å². The zero-order valence-electron chi connectivity index (χ0n) is 8.41. The van der Waals surface area contributed by atoms with Crippen LogP contribution in [0.15, 0.2) is 28.5 Å². The lowest BCUT2D eigenvalue weighted by atomic mass is 9.92. The van der Waals surface area contributed by atoms with Crippen LogP contribution in [0.4, 0.5) is 0 Å². The van der Waals surface area contributed by atoms with E-state index in [1.165, 1.54) is 37.7 Å². The van der Waals surface area contributed by atoms with Crippen molar-refractivity contribution >= 4 is 11.3 Å². The zero-order chi connectivity index (χ0) is 9.80. The molecule has 0 spiro atoms. The first-order valence-electron chi connectivity index (χ1n) is 5.31. The van der Waals surface area contributed by atoms with Crippen LogP contribution in [0.3, 0.4) is 0 Å². The van der Waals surface area contributed by atoms with Crippen LogP contribution in [0.1, 0.15) is 31.2 Å². The van der Waals surface area contributed by atoms with E-state index < -0.39 is 0 Å². The van der Waals surface area contributed by atoms with Crippen molar-refractivity contribution in [3.05, 3.63) is 34.0 Å². The molecular weight excluding hydrogens is 190 g/mol. The van der Waals surface area contributed by atoms with Crippen LogP contribution < -0.4 is 5.73 Å². The minimum Gasteiger partial charge on any atom is -0.324 e. The maximum absolute atomic E-state index is 5.90. The van der Waals surface area contributed by atoms with E-state index in [2.05, 4.69) is 22.9 Å². The van der Waals surface area contributed by atoms with Crippen molar-refractivity contribution in [2.75, 3.05) is 0 Å². The maximum Gasteiger partial charge on any atom is 0.0226 e. The third-order valence-corrected chi connectivity index (χ3v) is 3.53. The highest BCUT2D eigenvalue weighted by Gasteiger charge is 2.09. The molecule has 76 valence electrons. The van der Waals surface area contributed by atoms with Crippen LogP contribution in [0, 0.1) is 0 Å². The van der Waals surface area contributed by atoms with Gasteiger partial charge in [-0.1, -0.05) is 11.6 Å². The molecule has 0 saturated heterocycles. The third-order valence-electron chi connectivity index (χ3n) is 2.80. The lowest BCUT2D eigenvalue weighted by molar-refractivity contribution is 0.609. The van der Waals surface area contributed by atoms with Crippen molar-refractivity contribution in [3.63, 3.8) is 0 Å². The summed E-state index contributed by atoms with van der Waals surface area (Å²) in [5.41, 5.74) is 8.93. The van der Waals surface area contributed by atoms with E-state index in [1.807, 2.05) is 0 Å². The molecule has 0 saturated carbocycles. The molecule has 0 radical (unpaired) electrons. The Kier molecular flexibility index (Phi) is 3.38. The molecule has 2 heteroatoms. The Balaban J connectivity index is 1.86. The van der Waals surface area contributed by atoms with Crippen LogP contribution in [0.5, 0.6) is 0 Å². The molecule has 0 aromatic carbocycles. The van der Waals surface area contributed by atoms with Crippen molar-refractivity contribution < 1.29 is 0 Å². The highest BCUT2D eigenvalue weighted by molar-refractivity contribution is 7.07. The zero-order valence-corrected chi connectivity index (χ0v) is 9.22. The van der Waals surface area contributed by atoms with Gasteiger partial charge < -0.3 is 5.73 Å². The topological polar surface area (TPSA) is 26.0 Å². The molecule has 1 aliphatic rings. The standard InChI is InChI=1S/C12H17NS/c13-12-3-1-2-10(8-12)4-5-11-6-7-14-9-11/h6-9,12H,1-5,13H2. The highest BCUT2D eigenvalue weighted by atomic mass is 32.1. The Morgan fingerprint density at radius 1 is 1.43 bits per heavy atom. The molecule has 1 aromatic heterocycles. The summed E-state index contributed by atoms with van der Waals surface area (Å²) >= 11 is 1.78. The van der Waals surface area contributed by atoms with Gasteiger partial charge in [0.1, 0.15) is 0 Å². The lowest BCUT2D eigenvalue weighted by Gasteiger charge is -2.17. The quantitative estimate of drug-likeness (QED) is 0.757. The number of hydrogen-bond donors (Lipinski definition) is 1. The predicted octanol–water partition coefficient (Wildman–Crippen LogP) is 3.12. The van der Waals surface area contributed by atoms with Crippen LogP contribution in [0.25, 0.3) is 0 Å². The van der Waals surface area contributed by atoms with Crippen molar-refractivity contribution in [3.8, 4) is 0 Å². The number of hydrogen-bond acceptors (Lipinski definition) is 2. The third kappa shape index (κ3) is 2.69. The Morgan fingerprint density at radius 2 is 2.36 bits per heavy atom. The fourth-order valence-corrected chi connectivity index (χ4v) is 2.69. The Bertz CT molecular complexity index is 300. The fraction of sp³-hybridized carbons (Fsp3) is 0.500. The molecule has 0 amide bonds. The Hall–Kier alpha value is -0.600. The van der Waals surface area contributed by atoms with E-state index in [0.29, 0.717) is 6.04 Å². The minimum absolute atomic E-state index is 0.321. The number of rotatable bonds is 3. The summed E-state index contributed by atoms with van der Waals surface area (Å²) in [6, 6.07) is 2.54. The van der Waals surface area contributed by atoms with E-state index >= 15 is 0 Å². The molecular formula is C12H17NS. The monoisotopic (exact) mass is 207 g/mol. The van der Waals surface area contributed by atoms with E-state index in [0.717, 1.165) is 0 Å². The predicted molar refractivity (Wildman–Crippen MR) is 62.5 cm³/mol. The molecule has 0 fully saturated rings. The molecule has 14 heavy (non-hydrogen) atoms. The van der Waals surface area contributed by atoms with Crippen LogP contribution >= 0.6 is 11.3 Å². The van der Waals surface area contributed by atoms with Gasteiger partial charge in [-0.25, -0.2) is 0 Å². The summed E-state index contributed by atoms with van der Waals surface area (Å²) in [5.74, 6) is 0. The second-order valence-electron chi connectivity index (χ2n) is 4.01. The van der Waals surface area contributed by atoms with Gasteiger partial charge in [0.05, 0.1) is 0 Å². The smallest absolute Gasteiger partial charge is 0.0226 e. The normalized spacial score (nSPS) is 22.1. The van der Waals surface area contributed by atoms with Crippen molar-refractivity contribution in [2.45, 2.75) is 38.1 Å².